The lowest BCUT2D eigenvalue weighted by molar-refractivity contribution is -0.203. The number of nitrogens with zero attached hydrogens (tertiary/aromatic N) is 1. The van der Waals surface area contributed by atoms with Gasteiger partial charge in [-0.05, 0) is 40.2 Å². The Morgan fingerprint density at radius 3 is 2.27 bits per heavy atom. The number of carbonyl (C=O) groups is 2. The summed E-state index contributed by atoms with van der Waals surface area (Å²) in [7, 11) is 0.786. The number of aromatic nitrogens is 1. The molecule has 0 aliphatic heterocycles. The summed E-state index contributed by atoms with van der Waals surface area (Å²) in [4.78, 5) is 28.1. The second-order valence-corrected chi connectivity index (χ2v) is 5.96. The highest BCUT2D eigenvalue weighted by Gasteiger charge is 2.63. The summed E-state index contributed by atoms with van der Waals surface area (Å²) in [5.41, 5.74) is -3.58. The molecule has 1 aromatic heterocycles. The smallest absolute Gasteiger partial charge is 0.441 e. The van der Waals surface area contributed by atoms with Crippen LogP contribution in [-0.4, -0.2) is 35.8 Å². The fraction of sp³-hybridized carbons (Fsp3) is 0.188. The first-order valence-electron chi connectivity index (χ1n) is 7.12. The third kappa shape index (κ3) is 4.13. The van der Waals surface area contributed by atoms with E-state index < -0.39 is 23.7 Å². The summed E-state index contributed by atoms with van der Waals surface area (Å²) in [6.07, 6.45) is -3.99. The molecule has 0 radical (unpaired) electrons. The number of alkyl halides is 3. The van der Waals surface area contributed by atoms with Crippen LogP contribution in [0, 0.1) is 0 Å². The van der Waals surface area contributed by atoms with E-state index >= 15 is 0 Å². The highest BCUT2D eigenvalue weighted by atomic mass is 79.9. The fourth-order valence-electron chi connectivity index (χ4n) is 2.02. The van der Waals surface area contributed by atoms with Crippen LogP contribution in [0.15, 0.2) is 53.1 Å². The van der Waals surface area contributed by atoms with E-state index in [2.05, 4.69) is 25.7 Å². The molecular formula is C16H13BrF3N3O3. The first kappa shape index (κ1) is 19.7. The molecule has 2 N–H and O–H groups in total. The SMILES string of the molecule is COC(=O)[C@@](NC(=O)c1ccccc1)(Nc1ccc(Br)cn1)C(F)(F)F. The maximum absolute atomic E-state index is 13.8. The first-order chi connectivity index (χ1) is 12.2. The maximum Gasteiger partial charge on any atom is 0.441 e. The van der Waals surface area contributed by atoms with E-state index in [1.54, 1.807) is 11.4 Å². The molecular weight excluding hydrogens is 419 g/mol. The van der Waals surface area contributed by atoms with Crippen molar-refractivity contribution in [3.05, 3.63) is 58.7 Å². The monoisotopic (exact) mass is 431 g/mol. The predicted octanol–water partition coefficient (Wildman–Crippen LogP) is 3.12. The lowest BCUT2D eigenvalue weighted by Gasteiger charge is -2.34. The molecule has 1 aromatic carbocycles. The minimum atomic E-state index is -5.22. The number of benzene rings is 1. The van der Waals surface area contributed by atoms with Crippen LogP contribution in [-0.2, 0) is 9.53 Å². The Balaban J connectivity index is 2.47. The minimum absolute atomic E-state index is 0.0596. The Morgan fingerprint density at radius 1 is 1.12 bits per heavy atom. The van der Waals surface area contributed by atoms with Crippen molar-refractivity contribution < 1.29 is 27.5 Å². The van der Waals surface area contributed by atoms with Gasteiger partial charge in [0.15, 0.2) is 0 Å². The summed E-state index contributed by atoms with van der Waals surface area (Å²) >= 11 is 3.10. The highest BCUT2D eigenvalue weighted by Crippen LogP contribution is 2.33. The van der Waals surface area contributed by atoms with Crippen molar-refractivity contribution in [2.75, 3.05) is 12.4 Å². The average Bonchev–Trinajstić information content (AvgIpc) is 2.62. The number of halogens is 4. The normalized spacial score (nSPS) is 13.4. The van der Waals surface area contributed by atoms with E-state index in [4.69, 9.17) is 0 Å². The van der Waals surface area contributed by atoms with Gasteiger partial charge in [0.1, 0.15) is 5.82 Å². The zero-order valence-corrected chi connectivity index (χ0v) is 14.9. The van der Waals surface area contributed by atoms with Gasteiger partial charge >= 0.3 is 17.8 Å². The number of nitrogens with one attached hydrogen (secondary N) is 2. The van der Waals surface area contributed by atoms with Crippen LogP contribution in [0.3, 0.4) is 0 Å². The average molecular weight is 432 g/mol. The second kappa shape index (κ2) is 7.73. The van der Waals surface area contributed by atoms with Crippen molar-refractivity contribution in [3.8, 4) is 0 Å². The van der Waals surface area contributed by atoms with Crippen LogP contribution in [0.1, 0.15) is 10.4 Å². The number of anilines is 1. The van der Waals surface area contributed by atoms with Gasteiger partial charge in [0.25, 0.3) is 5.91 Å². The summed E-state index contributed by atoms with van der Waals surface area (Å²) in [5.74, 6) is -3.14. The van der Waals surface area contributed by atoms with Gasteiger partial charge < -0.3 is 15.4 Å². The molecule has 2 aromatic rings. The Hall–Kier alpha value is -2.62. The van der Waals surface area contributed by atoms with Crippen molar-refractivity contribution in [3.63, 3.8) is 0 Å². The number of hydrogen-bond donors (Lipinski definition) is 2. The van der Waals surface area contributed by atoms with Crippen molar-refractivity contribution >= 4 is 33.6 Å². The molecule has 1 heterocycles. The van der Waals surface area contributed by atoms with Crippen molar-refractivity contribution in [1.82, 2.24) is 10.3 Å². The minimum Gasteiger partial charge on any atom is -0.466 e. The van der Waals surface area contributed by atoms with Crippen LogP contribution in [0.4, 0.5) is 19.0 Å². The molecule has 26 heavy (non-hydrogen) atoms. The number of carbonyl (C=O) groups excluding carboxylic acids is 2. The molecule has 1 atom stereocenters. The van der Waals surface area contributed by atoms with Crippen LogP contribution in [0.2, 0.25) is 0 Å². The first-order valence-corrected chi connectivity index (χ1v) is 7.91. The number of amides is 1. The Morgan fingerprint density at radius 2 is 1.77 bits per heavy atom. The van der Waals surface area contributed by atoms with Gasteiger partial charge in [0.05, 0.1) is 7.11 Å². The van der Waals surface area contributed by atoms with E-state index in [0.717, 1.165) is 7.11 Å². The number of hydrogen-bond acceptors (Lipinski definition) is 5. The van der Waals surface area contributed by atoms with Gasteiger partial charge in [-0.3, -0.25) is 4.79 Å². The third-order valence-corrected chi connectivity index (χ3v) is 3.77. The van der Waals surface area contributed by atoms with E-state index in [1.165, 1.54) is 42.6 Å². The Kier molecular flexibility index (Phi) is 5.86. The van der Waals surface area contributed by atoms with Crippen molar-refractivity contribution in [2.45, 2.75) is 11.8 Å². The van der Waals surface area contributed by atoms with E-state index in [-0.39, 0.29) is 11.4 Å². The number of rotatable bonds is 5. The van der Waals surface area contributed by atoms with Gasteiger partial charge in [-0.25, -0.2) is 9.78 Å². The molecule has 0 saturated heterocycles. The van der Waals surface area contributed by atoms with Crippen molar-refractivity contribution in [2.24, 2.45) is 0 Å². The summed E-state index contributed by atoms with van der Waals surface area (Å²) in [5, 5.41) is 3.65. The lowest BCUT2D eigenvalue weighted by atomic mass is 10.1. The van der Waals surface area contributed by atoms with Gasteiger partial charge in [0, 0.05) is 16.2 Å². The number of methoxy groups -OCH3 is 1. The van der Waals surface area contributed by atoms with Crippen molar-refractivity contribution in [1.29, 1.82) is 0 Å². The van der Waals surface area contributed by atoms with Gasteiger partial charge in [-0.1, -0.05) is 18.2 Å². The zero-order valence-electron chi connectivity index (χ0n) is 13.3. The molecule has 138 valence electrons. The van der Waals surface area contributed by atoms with Crippen LogP contribution < -0.4 is 10.6 Å². The van der Waals surface area contributed by atoms with E-state index in [9.17, 15) is 22.8 Å². The molecule has 0 aliphatic rings. The molecule has 0 aliphatic carbocycles. The Labute approximate surface area is 154 Å². The fourth-order valence-corrected chi connectivity index (χ4v) is 2.25. The molecule has 0 saturated carbocycles. The summed E-state index contributed by atoms with van der Waals surface area (Å²) < 4.78 is 46.3. The maximum atomic E-state index is 13.8. The molecule has 2 rings (SSSR count). The molecule has 6 nitrogen and oxygen atoms in total. The topological polar surface area (TPSA) is 80.3 Å². The second-order valence-electron chi connectivity index (χ2n) is 5.05. The third-order valence-electron chi connectivity index (χ3n) is 3.30. The molecule has 0 spiro atoms. The standard InChI is InChI=1S/C16H13BrF3N3O3/c1-26-14(25)15(16(18,19)20,22-12-8-7-11(17)9-21-12)23-13(24)10-5-3-2-4-6-10/h2-9H,1H3,(H,21,22)(H,23,24)/t15-/m0/s1. The van der Waals surface area contributed by atoms with Crippen LogP contribution >= 0.6 is 15.9 Å². The molecule has 0 bridgehead atoms. The van der Waals surface area contributed by atoms with Crippen LogP contribution in [0.5, 0.6) is 0 Å². The van der Waals surface area contributed by atoms with Crippen LogP contribution in [0.25, 0.3) is 0 Å². The Bertz CT molecular complexity index is 785. The molecule has 0 unspecified atom stereocenters. The van der Waals surface area contributed by atoms with Gasteiger partial charge in [0.2, 0.25) is 0 Å². The molecule has 0 fully saturated rings. The number of esters is 1. The predicted molar refractivity (Wildman–Crippen MR) is 90.3 cm³/mol. The van der Waals surface area contributed by atoms with E-state index in [0.29, 0.717) is 4.47 Å². The molecule has 10 heteroatoms. The van der Waals surface area contributed by atoms with Gasteiger partial charge in [-0.2, -0.15) is 13.2 Å². The highest BCUT2D eigenvalue weighted by molar-refractivity contribution is 9.10. The molecule has 1 amide bonds. The summed E-state index contributed by atoms with van der Waals surface area (Å²) in [6.45, 7) is 0. The van der Waals surface area contributed by atoms with E-state index in [1.807, 2.05) is 5.32 Å². The quantitative estimate of drug-likeness (QED) is 0.561. The zero-order chi connectivity index (χ0) is 19.4. The number of pyridine rings is 1. The lowest BCUT2D eigenvalue weighted by Crippen LogP contribution is -2.69. The summed E-state index contributed by atoms with van der Waals surface area (Å²) in [6, 6.07) is 9.81. The number of ether oxygens (including phenoxy) is 1. The largest absolute Gasteiger partial charge is 0.466 e. The van der Waals surface area contributed by atoms with Gasteiger partial charge in [-0.15, -0.1) is 0 Å².